The monoisotopic (exact) mass is 302 g/mol. The first-order chi connectivity index (χ1) is 10.7. The largest absolute Gasteiger partial charge is 0.352 e. The van der Waals surface area contributed by atoms with E-state index in [2.05, 4.69) is 10.3 Å². The molecule has 2 saturated carbocycles. The molecule has 6 nitrogen and oxygen atoms in total. The standard InChI is InChI=1S/C16H22N4O2/c21-15(18-12-5-2-6-12)14-9-19(16(22)11-3-1-4-11)8-13-7-17-10-20(13)14/h7,10-12,14H,1-6,8-9H2,(H,18,21). The predicted octanol–water partition coefficient (Wildman–Crippen LogP) is 1.24. The van der Waals surface area contributed by atoms with Gasteiger partial charge in [-0.1, -0.05) is 6.42 Å². The molecule has 1 N–H and O–H groups in total. The zero-order valence-electron chi connectivity index (χ0n) is 12.7. The Labute approximate surface area is 129 Å². The number of carbonyl (C=O) groups excluding carboxylic acids is 2. The Bertz CT molecular complexity index is 589. The number of carbonyl (C=O) groups is 2. The summed E-state index contributed by atoms with van der Waals surface area (Å²) in [5, 5.41) is 3.11. The van der Waals surface area contributed by atoms with Gasteiger partial charge in [0, 0.05) is 18.2 Å². The summed E-state index contributed by atoms with van der Waals surface area (Å²) in [7, 11) is 0. The van der Waals surface area contributed by atoms with Gasteiger partial charge in [-0.2, -0.15) is 0 Å². The average molecular weight is 302 g/mol. The highest BCUT2D eigenvalue weighted by Crippen LogP contribution is 2.31. The molecule has 22 heavy (non-hydrogen) atoms. The van der Waals surface area contributed by atoms with E-state index in [9.17, 15) is 9.59 Å². The second-order valence-corrected chi connectivity index (χ2v) is 6.79. The number of nitrogens with one attached hydrogen (secondary N) is 1. The smallest absolute Gasteiger partial charge is 0.245 e. The van der Waals surface area contributed by atoms with Crippen LogP contribution in [0.3, 0.4) is 0 Å². The first-order valence-electron chi connectivity index (χ1n) is 8.32. The number of fused-ring (bicyclic) bond motifs is 1. The minimum atomic E-state index is -0.337. The molecular formula is C16H22N4O2. The Morgan fingerprint density at radius 1 is 1.18 bits per heavy atom. The summed E-state index contributed by atoms with van der Waals surface area (Å²) in [4.78, 5) is 31.1. The summed E-state index contributed by atoms with van der Waals surface area (Å²) in [6, 6.07) is -0.0203. The normalized spacial score (nSPS) is 25.1. The zero-order valence-corrected chi connectivity index (χ0v) is 12.7. The van der Waals surface area contributed by atoms with E-state index < -0.39 is 0 Å². The maximum absolute atomic E-state index is 12.6. The van der Waals surface area contributed by atoms with Gasteiger partial charge in [0.2, 0.25) is 11.8 Å². The van der Waals surface area contributed by atoms with E-state index >= 15 is 0 Å². The van der Waals surface area contributed by atoms with Gasteiger partial charge in [0.05, 0.1) is 25.1 Å². The molecule has 2 fully saturated rings. The van der Waals surface area contributed by atoms with Crippen molar-refractivity contribution >= 4 is 11.8 Å². The lowest BCUT2D eigenvalue weighted by molar-refractivity contribution is -0.141. The number of imidazole rings is 1. The molecule has 3 aliphatic rings. The Morgan fingerprint density at radius 2 is 1.95 bits per heavy atom. The van der Waals surface area contributed by atoms with Gasteiger partial charge in [-0.15, -0.1) is 0 Å². The lowest BCUT2D eigenvalue weighted by atomic mass is 9.84. The molecule has 1 unspecified atom stereocenters. The number of nitrogens with zero attached hydrogens (tertiary/aromatic N) is 3. The van der Waals surface area contributed by atoms with Crippen molar-refractivity contribution in [2.24, 2.45) is 5.92 Å². The fourth-order valence-electron chi connectivity index (χ4n) is 3.43. The van der Waals surface area contributed by atoms with Crippen molar-refractivity contribution in [1.29, 1.82) is 0 Å². The Morgan fingerprint density at radius 3 is 2.59 bits per heavy atom. The van der Waals surface area contributed by atoms with Crippen molar-refractivity contribution in [2.75, 3.05) is 6.54 Å². The Hall–Kier alpha value is -1.85. The van der Waals surface area contributed by atoms with Gasteiger partial charge in [0.15, 0.2) is 0 Å². The van der Waals surface area contributed by atoms with Crippen LogP contribution in [0, 0.1) is 5.92 Å². The topological polar surface area (TPSA) is 67.2 Å². The maximum Gasteiger partial charge on any atom is 0.245 e. The fraction of sp³-hybridized carbons (Fsp3) is 0.688. The minimum absolute atomic E-state index is 0.0232. The van der Waals surface area contributed by atoms with Crippen molar-refractivity contribution in [3.8, 4) is 0 Å². The van der Waals surface area contributed by atoms with Crippen molar-refractivity contribution in [2.45, 2.75) is 57.2 Å². The summed E-state index contributed by atoms with van der Waals surface area (Å²) in [5.74, 6) is 0.403. The molecule has 1 aliphatic heterocycles. The van der Waals surface area contributed by atoms with Crippen LogP contribution in [0.4, 0.5) is 0 Å². The lowest BCUT2D eigenvalue weighted by Gasteiger charge is -2.38. The molecule has 2 heterocycles. The van der Waals surface area contributed by atoms with Crippen LogP contribution in [0.15, 0.2) is 12.5 Å². The van der Waals surface area contributed by atoms with E-state index in [1.54, 1.807) is 12.5 Å². The highest BCUT2D eigenvalue weighted by atomic mass is 16.2. The van der Waals surface area contributed by atoms with Crippen molar-refractivity contribution in [3.63, 3.8) is 0 Å². The van der Waals surface area contributed by atoms with Gasteiger partial charge in [0.1, 0.15) is 6.04 Å². The maximum atomic E-state index is 12.6. The first-order valence-corrected chi connectivity index (χ1v) is 8.32. The number of hydrogen-bond donors (Lipinski definition) is 1. The molecule has 0 saturated heterocycles. The molecule has 118 valence electrons. The number of amides is 2. The predicted molar refractivity (Wildman–Crippen MR) is 79.8 cm³/mol. The van der Waals surface area contributed by atoms with Gasteiger partial charge in [-0.25, -0.2) is 4.98 Å². The first kappa shape index (κ1) is 13.8. The van der Waals surface area contributed by atoms with Crippen LogP contribution in [0.5, 0.6) is 0 Å². The van der Waals surface area contributed by atoms with Crippen LogP contribution in [-0.4, -0.2) is 38.9 Å². The summed E-state index contributed by atoms with van der Waals surface area (Å²) < 4.78 is 1.93. The molecule has 0 bridgehead atoms. The van der Waals surface area contributed by atoms with E-state index in [0.717, 1.165) is 37.8 Å². The minimum Gasteiger partial charge on any atom is -0.352 e. The molecule has 6 heteroatoms. The zero-order chi connectivity index (χ0) is 15.1. The summed E-state index contributed by atoms with van der Waals surface area (Å²) in [5.41, 5.74) is 0.952. The van der Waals surface area contributed by atoms with E-state index in [0.29, 0.717) is 19.1 Å². The molecule has 1 atom stereocenters. The average Bonchev–Trinajstić information content (AvgIpc) is 2.87. The molecule has 4 rings (SSSR count). The summed E-state index contributed by atoms with van der Waals surface area (Å²) in [6.45, 7) is 1.04. The third-order valence-electron chi connectivity index (χ3n) is 5.35. The number of rotatable bonds is 3. The summed E-state index contributed by atoms with van der Waals surface area (Å²) >= 11 is 0. The van der Waals surface area contributed by atoms with Crippen LogP contribution in [0.25, 0.3) is 0 Å². The van der Waals surface area contributed by atoms with E-state index in [1.165, 1.54) is 6.42 Å². The van der Waals surface area contributed by atoms with E-state index in [4.69, 9.17) is 0 Å². The molecule has 0 spiro atoms. The molecular weight excluding hydrogens is 280 g/mol. The Kier molecular flexibility index (Phi) is 3.39. The quantitative estimate of drug-likeness (QED) is 0.913. The van der Waals surface area contributed by atoms with Gasteiger partial charge in [-0.05, 0) is 32.1 Å². The highest BCUT2D eigenvalue weighted by molar-refractivity contribution is 5.84. The second kappa shape index (κ2) is 5.41. The fourth-order valence-corrected chi connectivity index (χ4v) is 3.43. The van der Waals surface area contributed by atoms with Crippen molar-refractivity contribution in [1.82, 2.24) is 19.8 Å². The van der Waals surface area contributed by atoms with Crippen LogP contribution in [0.1, 0.15) is 50.3 Å². The highest BCUT2D eigenvalue weighted by Gasteiger charge is 2.37. The molecule has 0 aromatic carbocycles. The van der Waals surface area contributed by atoms with Gasteiger partial charge < -0.3 is 14.8 Å². The third kappa shape index (κ3) is 2.30. The SMILES string of the molecule is O=C(NC1CCC1)C1CN(C(=O)C2CCC2)Cc2cncn21. The molecule has 1 aromatic heterocycles. The van der Waals surface area contributed by atoms with Gasteiger partial charge in [-0.3, -0.25) is 9.59 Å². The van der Waals surface area contributed by atoms with Crippen LogP contribution >= 0.6 is 0 Å². The van der Waals surface area contributed by atoms with Crippen LogP contribution < -0.4 is 5.32 Å². The summed E-state index contributed by atoms with van der Waals surface area (Å²) in [6.07, 6.45) is 9.95. The number of hydrogen-bond acceptors (Lipinski definition) is 3. The lowest BCUT2D eigenvalue weighted by Crippen LogP contribution is -2.51. The van der Waals surface area contributed by atoms with Crippen molar-refractivity contribution < 1.29 is 9.59 Å². The van der Waals surface area contributed by atoms with Gasteiger partial charge in [0.25, 0.3) is 0 Å². The molecule has 1 aromatic rings. The van der Waals surface area contributed by atoms with Crippen LogP contribution in [0.2, 0.25) is 0 Å². The van der Waals surface area contributed by atoms with Gasteiger partial charge >= 0.3 is 0 Å². The molecule has 2 amide bonds. The third-order valence-corrected chi connectivity index (χ3v) is 5.35. The van der Waals surface area contributed by atoms with E-state index in [-0.39, 0.29) is 23.8 Å². The molecule has 2 aliphatic carbocycles. The van der Waals surface area contributed by atoms with E-state index in [1.807, 2.05) is 9.47 Å². The Balaban J connectivity index is 1.51. The van der Waals surface area contributed by atoms with Crippen LogP contribution in [-0.2, 0) is 16.1 Å². The number of aromatic nitrogens is 2. The molecule has 0 radical (unpaired) electrons. The second-order valence-electron chi connectivity index (χ2n) is 6.79. The van der Waals surface area contributed by atoms with Crippen molar-refractivity contribution in [3.05, 3.63) is 18.2 Å².